The molecule has 158 valence electrons. The second kappa shape index (κ2) is 10.0. The summed E-state index contributed by atoms with van der Waals surface area (Å²) in [6.07, 6.45) is -2.41. The first-order chi connectivity index (χ1) is 14.3. The minimum Gasteiger partial charge on any atom is -0.434 e. The molecule has 2 aliphatic rings. The first-order valence-electron chi connectivity index (χ1n) is 8.90. The van der Waals surface area contributed by atoms with Crippen LogP contribution in [0.3, 0.4) is 0 Å². The summed E-state index contributed by atoms with van der Waals surface area (Å²) in [4.78, 5) is 44.9. The molecule has 0 aliphatic heterocycles. The highest BCUT2D eigenvalue weighted by atomic mass is 16.7. The van der Waals surface area contributed by atoms with Crippen LogP contribution in [0.2, 0.25) is 0 Å². The van der Waals surface area contributed by atoms with E-state index >= 15 is 0 Å². The van der Waals surface area contributed by atoms with Gasteiger partial charge in [-0.15, -0.1) is 0 Å². The lowest BCUT2D eigenvalue weighted by Crippen LogP contribution is -2.16. The third-order valence-electron chi connectivity index (χ3n) is 3.78. The lowest BCUT2D eigenvalue weighted by molar-refractivity contribution is -0.385. The molecule has 1 aromatic carbocycles. The molecule has 10 nitrogen and oxygen atoms in total. The Bertz CT molecular complexity index is 946. The van der Waals surface area contributed by atoms with E-state index in [0.717, 1.165) is 19.1 Å². The van der Waals surface area contributed by atoms with Gasteiger partial charge in [0.15, 0.2) is 11.5 Å². The Morgan fingerprint density at radius 3 is 1.73 bits per heavy atom. The monoisotopic (exact) mass is 417 g/mol. The molecular formula is C20H19NO9. The number of Topliss-reactive ketones (excluding diaryl/α,β-unsaturated/α-hetero) is 1. The number of nitrogens with zero attached hydrogens (tertiary/aromatic N) is 1. The molecule has 0 saturated heterocycles. The number of ketones is 1. The van der Waals surface area contributed by atoms with Crippen LogP contribution < -0.4 is 9.47 Å². The Morgan fingerprint density at radius 2 is 1.37 bits per heavy atom. The molecule has 0 fully saturated rings. The van der Waals surface area contributed by atoms with Gasteiger partial charge in [-0.25, -0.2) is 9.59 Å². The van der Waals surface area contributed by atoms with Gasteiger partial charge >= 0.3 is 18.0 Å². The standard InChI is InChI=1S/C14H15NO9.C6H4/c1-4-21-13(17)23-10-7-6-9(8(3)16)11(15(19)20)12(10)24-14(18)22-5-2;1-2-6-4-3-5(1)6/h6-7H,4-5H2,1-3H3;1-4H. The van der Waals surface area contributed by atoms with Gasteiger partial charge in [0.2, 0.25) is 0 Å². The fraction of sp³-hybridized carbons (Fsp3) is 0.250. The van der Waals surface area contributed by atoms with Crippen molar-refractivity contribution in [2.24, 2.45) is 0 Å². The molecular weight excluding hydrogens is 398 g/mol. The van der Waals surface area contributed by atoms with Crippen LogP contribution in [0.5, 0.6) is 11.5 Å². The van der Waals surface area contributed by atoms with Crippen LogP contribution in [0.15, 0.2) is 36.4 Å². The Morgan fingerprint density at radius 1 is 0.867 bits per heavy atom. The van der Waals surface area contributed by atoms with Crippen molar-refractivity contribution in [3.63, 3.8) is 0 Å². The number of carbonyl (C=O) groups is 3. The highest BCUT2D eigenvalue weighted by Gasteiger charge is 2.31. The molecule has 30 heavy (non-hydrogen) atoms. The van der Waals surface area contributed by atoms with Crippen LogP contribution in [-0.2, 0) is 9.47 Å². The van der Waals surface area contributed by atoms with E-state index in [2.05, 4.69) is 33.7 Å². The van der Waals surface area contributed by atoms with Crippen molar-refractivity contribution in [1.29, 1.82) is 0 Å². The minimum absolute atomic E-state index is 0.000519. The van der Waals surface area contributed by atoms with E-state index in [1.807, 2.05) is 0 Å². The topological polar surface area (TPSA) is 131 Å². The molecule has 1 aromatic rings. The van der Waals surface area contributed by atoms with E-state index in [-0.39, 0.29) is 18.8 Å². The molecule has 0 saturated carbocycles. The van der Waals surface area contributed by atoms with Gasteiger partial charge < -0.3 is 18.9 Å². The molecule has 0 heterocycles. The molecule has 0 spiro atoms. The van der Waals surface area contributed by atoms with Crippen LogP contribution in [0.4, 0.5) is 15.3 Å². The zero-order valence-electron chi connectivity index (χ0n) is 16.5. The molecule has 0 radical (unpaired) electrons. The molecule has 3 rings (SSSR count). The van der Waals surface area contributed by atoms with Crippen molar-refractivity contribution >= 4 is 23.8 Å². The number of carbonyl (C=O) groups excluding carboxylic acids is 3. The van der Waals surface area contributed by atoms with Crippen molar-refractivity contribution in [2.75, 3.05) is 13.2 Å². The van der Waals surface area contributed by atoms with E-state index in [4.69, 9.17) is 9.47 Å². The Kier molecular flexibility index (Phi) is 7.45. The molecule has 0 atom stereocenters. The van der Waals surface area contributed by atoms with Crippen LogP contribution >= 0.6 is 0 Å². The Labute approximate surface area is 171 Å². The molecule has 0 bridgehead atoms. The maximum Gasteiger partial charge on any atom is 0.514 e. The minimum atomic E-state index is -1.25. The zero-order chi connectivity index (χ0) is 22.3. The maximum atomic E-state index is 11.6. The molecule has 0 aromatic heterocycles. The highest BCUT2D eigenvalue weighted by Crippen LogP contribution is 2.40. The van der Waals surface area contributed by atoms with E-state index in [9.17, 15) is 24.5 Å². The fourth-order valence-corrected chi connectivity index (χ4v) is 2.33. The molecule has 10 heteroatoms. The fourth-order valence-electron chi connectivity index (χ4n) is 2.33. The molecule has 0 amide bonds. The van der Waals surface area contributed by atoms with Gasteiger partial charge in [0, 0.05) is 0 Å². The second-order valence-corrected chi connectivity index (χ2v) is 5.75. The summed E-state index contributed by atoms with van der Waals surface area (Å²) in [7, 11) is 0. The van der Waals surface area contributed by atoms with Gasteiger partial charge in [0.25, 0.3) is 5.75 Å². The average molecular weight is 417 g/mol. The third-order valence-corrected chi connectivity index (χ3v) is 3.78. The quantitative estimate of drug-likeness (QED) is 0.186. The van der Waals surface area contributed by atoms with Crippen molar-refractivity contribution in [3.05, 3.63) is 52.1 Å². The lowest BCUT2D eigenvalue weighted by atomic mass is 9.95. The van der Waals surface area contributed by atoms with Gasteiger partial charge in [0.1, 0.15) is 0 Å². The first-order valence-corrected chi connectivity index (χ1v) is 8.90. The van der Waals surface area contributed by atoms with Gasteiger partial charge in [-0.2, -0.15) is 0 Å². The van der Waals surface area contributed by atoms with E-state index in [1.54, 1.807) is 0 Å². The Hall–Kier alpha value is -3.95. The van der Waals surface area contributed by atoms with Gasteiger partial charge in [-0.3, -0.25) is 14.9 Å². The summed E-state index contributed by atoms with van der Waals surface area (Å²) in [6, 6.07) is 10.6. The van der Waals surface area contributed by atoms with Crippen LogP contribution in [0.1, 0.15) is 31.1 Å². The van der Waals surface area contributed by atoms with Crippen molar-refractivity contribution in [3.8, 4) is 22.6 Å². The van der Waals surface area contributed by atoms with Gasteiger partial charge in [0.05, 0.1) is 23.7 Å². The van der Waals surface area contributed by atoms with Crippen LogP contribution in [-0.4, -0.2) is 36.2 Å². The predicted octanol–water partition coefficient (Wildman–Crippen LogP) is 4.54. The summed E-state index contributed by atoms with van der Waals surface area (Å²) in [5.74, 6) is -1.82. The van der Waals surface area contributed by atoms with Crippen molar-refractivity contribution in [2.45, 2.75) is 20.8 Å². The summed E-state index contributed by atoms with van der Waals surface area (Å²) >= 11 is 0. The largest absolute Gasteiger partial charge is 0.514 e. The van der Waals surface area contributed by atoms with E-state index in [1.165, 1.54) is 25.0 Å². The van der Waals surface area contributed by atoms with Crippen molar-refractivity contribution < 1.29 is 38.3 Å². The highest BCUT2D eigenvalue weighted by molar-refractivity contribution is 6.00. The molecule has 0 N–H and O–H groups in total. The second-order valence-electron chi connectivity index (χ2n) is 5.75. The maximum absolute atomic E-state index is 11.6. The third kappa shape index (κ3) is 5.31. The van der Waals surface area contributed by atoms with Gasteiger partial charge in [-0.05, 0) is 44.0 Å². The van der Waals surface area contributed by atoms with Crippen LogP contribution in [0, 0.1) is 10.1 Å². The predicted molar refractivity (Wildman–Crippen MR) is 104 cm³/mol. The number of nitro groups is 1. The Balaban J connectivity index is 0.000000443. The average Bonchev–Trinajstić information content (AvgIpc) is 2.66. The number of benzene rings is 2. The summed E-state index contributed by atoms with van der Waals surface area (Å²) in [5, 5.41) is 11.3. The summed E-state index contributed by atoms with van der Waals surface area (Å²) in [6.45, 7) is 4.08. The summed E-state index contributed by atoms with van der Waals surface area (Å²) < 4.78 is 18.7. The molecule has 2 aliphatic carbocycles. The number of hydrogen-bond acceptors (Lipinski definition) is 9. The normalized spacial score (nSPS) is 10.1. The van der Waals surface area contributed by atoms with E-state index < -0.39 is 40.2 Å². The van der Waals surface area contributed by atoms with Crippen LogP contribution in [0.25, 0.3) is 11.1 Å². The number of hydrogen-bond donors (Lipinski definition) is 0. The van der Waals surface area contributed by atoms with E-state index in [0.29, 0.717) is 0 Å². The smallest absolute Gasteiger partial charge is 0.434 e. The van der Waals surface area contributed by atoms with Gasteiger partial charge in [-0.1, -0.05) is 24.3 Å². The summed E-state index contributed by atoms with van der Waals surface area (Å²) in [5.41, 5.74) is 1.71. The molecule has 0 unspecified atom stereocenters. The number of fused-ring (bicyclic) bond motifs is 1. The zero-order valence-corrected chi connectivity index (χ0v) is 16.5. The van der Waals surface area contributed by atoms with Crippen molar-refractivity contribution in [1.82, 2.24) is 0 Å². The lowest BCUT2D eigenvalue weighted by Gasteiger charge is -2.12. The first kappa shape index (κ1) is 22.3. The number of ether oxygens (including phenoxy) is 4. The number of nitro benzene ring substituents is 1. The SMILES string of the molecule is CCOC(=O)Oc1ccc(C(C)=O)c([N+](=O)[O-])c1OC(=O)OCC.c1cc2ccc1-2. The number of rotatable bonds is 6.